The topological polar surface area (TPSA) is 71.3 Å². The third kappa shape index (κ3) is 5.21. The van der Waals surface area contributed by atoms with Crippen LogP contribution in [0.15, 0.2) is 23.1 Å². The normalized spacial score (nSPS) is 18.1. The number of hydrogen-bond acceptors (Lipinski definition) is 4. The molecule has 10 heteroatoms. The van der Waals surface area contributed by atoms with Gasteiger partial charge in [0.05, 0.1) is 22.7 Å². The highest BCUT2D eigenvalue weighted by atomic mass is 35.5. The summed E-state index contributed by atoms with van der Waals surface area (Å²) >= 11 is 7.10. The Kier molecular flexibility index (Phi) is 6.67. The fourth-order valence-electron chi connectivity index (χ4n) is 2.89. The van der Waals surface area contributed by atoms with Crippen LogP contribution in [0, 0.1) is 29.5 Å². The lowest BCUT2D eigenvalue weighted by Gasteiger charge is -2.29. The Labute approximate surface area is 173 Å². The van der Waals surface area contributed by atoms with Crippen LogP contribution >= 0.6 is 22.9 Å². The Morgan fingerprint density at radius 1 is 1.41 bits per heavy atom. The summed E-state index contributed by atoms with van der Waals surface area (Å²) in [5.41, 5.74) is -0.850. The third-order valence-electron chi connectivity index (χ3n) is 4.45. The number of nitrogens with one attached hydrogen (secondary N) is 1. The van der Waals surface area contributed by atoms with Crippen molar-refractivity contribution in [2.45, 2.75) is 25.8 Å². The van der Waals surface area contributed by atoms with Gasteiger partial charge in [-0.1, -0.05) is 23.4 Å². The van der Waals surface area contributed by atoms with Crippen molar-refractivity contribution < 1.29 is 23.1 Å². The van der Waals surface area contributed by atoms with Crippen molar-refractivity contribution in [3.63, 3.8) is 0 Å². The van der Waals surface area contributed by atoms with Gasteiger partial charge in [0.15, 0.2) is 5.82 Å². The molecule has 0 bridgehead atoms. The fraction of sp³-hybridized carbons (Fsp3) is 0.368. The summed E-state index contributed by atoms with van der Waals surface area (Å²) < 4.78 is 39.6. The van der Waals surface area contributed by atoms with E-state index >= 15 is 0 Å². The molecule has 2 heterocycles. The highest BCUT2D eigenvalue weighted by Crippen LogP contribution is 2.33. The fourth-order valence-corrected chi connectivity index (χ4v) is 3.98. The van der Waals surface area contributed by atoms with E-state index in [0.29, 0.717) is 14.5 Å². The predicted molar refractivity (Wildman–Crippen MR) is 104 cm³/mol. The van der Waals surface area contributed by atoms with Crippen molar-refractivity contribution in [2.24, 2.45) is 11.8 Å². The minimum Gasteiger partial charge on any atom is -0.396 e. The number of pyridine rings is 1. The highest BCUT2D eigenvalue weighted by Gasteiger charge is 2.26. The van der Waals surface area contributed by atoms with E-state index in [2.05, 4.69) is 17.2 Å². The lowest BCUT2D eigenvalue weighted by atomic mass is 9.76. The zero-order chi connectivity index (χ0) is 21.1. The molecule has 0 aromatic carbocycles. The van der Waals surface area contributed by atoms with Crippen molar-refractivity contribution in [3.05, 3.63) is 49.3 Å². The van der Waals surface area contributed by atoms with Gasteiger partial charge in [-0.15, -0.1) is 11.3 Å². The van der Waals surface area contributed by atoms with Crippen LogP contribution in [0.5, 0.6) is 0 Å². The summed E-state index contributed by atoms with van der Waals surface area (Å²) in [6.07, 6.45) is -0.255. The first-order valence-corrected chi connectivity index (χ1v) is 9.87. The smallest absolute Gasteiger partial charge is 0.286 e. The van der Waals surface area contributed by atoms with Crippen LogP contribution in [-0.4, -0.2) is 28.6 Å². The van der Waals surface area contributed by atoms with Crippen molar-refractivity contribution >= 4 is 34.5 Å². The molecule has 0 aliphatic heterocycles. The van der Waals surface area contributed by atoms with Gasteiger partial charge < -0.3 is 15.0 Å². The van der Waals surface area contributed by atoms with Gasteiger partial charge in [-0.05, 0) is 24.8 Å². The van der Waals surface area contributed by atoms with Crippen LogP contribution in [0.2, 0.25) is 4.34 Å². The SMILES string of the molecule is O=C(Nc1cc(F)c(=O)n(CC(F)F)c1)c1cc(C#C[C@H]2C[C@H](CO)C2)c(Cl)s1. The van der Waals surface area contributed by atoms with E-state index in [9.17, 15) is 22.8 Å². The quantitative estimate of drug-likeness (QED) is 0.692. The number of aliphatic hydroxyl groups is 1. The van der Waals surface area contributed by atoms with E-state index in [0.717, 1.165) is 36.4 Å². The van der Waals surface area contributed by atoms with Crippen LogP contribution in [0.25, 0.3) is 0 Å². The van der Waals surface area contributed by atoms with E-state index in [4.69, 9.17) is 16.7 Å². The van der Waals surface area contributed by atoms with Gasteiger partial charge in [0, 0.05) is 24.8 Å². The van der Waals surface area contributed by atoms with E-state index in [1.165, 1.54) is 6.07 Å². The van der Waals surface area contributed by atoms with Gasteiger partial charge in [0.2, 0.25) is 0 Å². The molecule has 1 fully saturated rings. The molecule has 29 heavy (non-hydrogen) atoms. The molecule has 0 unspecified atom stereocenters. The average Bonchev–Trinajstić information content (AvgIpc) is 2.99. The number of amides is 1. The molecular formula is C19H16ClF3N2O3S. The number of rotatable bonds is 5. The number of anilines is 1. The summed E-state index contributed by atoms with van der Waals surface area (Å²) in [7, 11) is 0. The first-order chi connectivity index (χ1) is 13.8. The van der Waals surface area contributed by atoms with E-state index < -0.39 is 30.3 Å². The van der Waals surface area contributed by atoms with E-state index in [1.807, 2.05) is 0 Å². The van der Waals surface area contributed by atoms with Gasteiger partial charge in [-0.25, -0.2) is 13.2 Å². The van der Waals surface area contributed by atoms with Gasteiger partial charge >= 0.3 is 0 Å². The summed E-state index contributed by atoms with van der Waals surface area (Å²) in [5, 5.41) is 11.4. The Bertz CT molecular complexity index is 1040. The van der Waals surface area contributed by atoms with Gasteiger partial charge in [0.1, 0.15) is 4.34 Å². The first-order valence-electron chi connectivity index (χ1n) is 8.68. The van der Waals surface area contributed by atoms with Gasteiger partial charge in [-0.3, -0.25) is 9.59 Å². The van der Waals surface area contributed by atoms with Crippen molar-refractivity contribution in [1.29, 1.82) is 0 Å². The molecule has 2 aromatic rings. The molecule has 0 atom stereocenters. The standard InChI is InChI=1S/C19H16ClF3N2O3S/c20-17-12(2-1-10-3-11(4-10)9-26)5-15(29-17)18(27)24-13-6-14(21)19(28)25(7-13)8-16(22)23/h5-7,10-11,16,26H,3-4,8-9H2,(H,24,27)/t10-,11-. The number of carbonyl (C=O) groups is 1. The van der Waals surface area contributed by atoms with E-state index in [1.54, 1.807) is 0 Å². The number of carbonyl (C=O) groups excluding carboxylic acids is 1. The number of alkyl halides is 2. The molecule has 2 aromatic heterocycles. The largest absolute Gasteiger partial charge is 0.396 e. The minimum absolute atomic E-state index is 0.130. The second-order valence-electron chi connectivity index (χ2n) is 6.66. The first kappa shape index (κ1) is 21.4. The number of thiophene rings is 1. The zero-order valence-corrected chi connectivity index (χ0v) is 16.5. The maximum absolute atomic E-state index is 13.7. The Hall–Kier alpha value is -2.28. The maximum atomic E-state index is 13.7. The van der Waals surface area contributed by atoms with Crippen LogP contribution in [0.1, 0.15) is 28.1 Å². The average molecular weight is 445 g/mol. The molecule has 0 spiro atoms. The van der Waals surface area contributed by atoms with Crippen LogP contribution < -0.4 is 10.9 Å². The Morgan fingerprint density at radius 3 is 2.79 bits per heavy atom. The second kappa shape index (κ2) is 9.03. The van der Waals surface area contributed by atoms with Gasteiger partial charge in [-0.2, -0.15) is 0 Å². The number of nitrogens with zero attached hydrogens (tertiary/aromatic N) is 1. The molecule has 5 nitrogen and oxygen atoms in total. The number of halogens is 4. The maximum Gasteiger partial charge on any atom is 0.286 e. The molecule has 1 aliphatic carbocycles. The van der Waals surface area contributed by atoms with Crippen molar-refractivity contribution in [3.8, 4) is 11.8 Å². The minimum atomic E-state index is -2.85. The Morgan fingerprint density at radius 2 is 2.14 bits per heavy atom. The Balaban J connectivity index is 1.73. The molecule has 1 saturated carbocycles. The number of hydrogen-bond donors (Lipinski definition) is 2. The summed E-state index contributed by atoms with van der Waals surface area (Å²) in [4.78, 5) is 24.2. The lowest BCUT2D eigenvalue weighted by Crippen LogP contribution is -2.26. The molecule has 154 valence electrons. The zero-order valence-electron chi connectivity index (χ0n) is 14.9. The molecular weight excluding hydrogens is 429 g/mol. The second-order valence-corrected chi connectivity index (χ2v) is 8.32. The summed E-state index contributed by atoms with van der Waals surface area (Å²) in [5.74, 6) is 4.56. The predicted octanol–water partition coefficient (Wildman–Crippen LogP) is 3.59. The van der Waals surface area contributed by atoms with Crippen molar-refractivity contribution in [2.75, 3.05) is 11.9 Å². The van der Waals surface area contributed by atoms with Crippen LogP contribution in [0.3, 0.4) is 0 Å². The molecule has 1 aliphatic rings. The third-order valence-corrected chi connectivity index (χ3v) is 5.81. The van der Waals surface area contributed by atoms with Crippen LogP contribution in [0.4, 0.5) is 18.9 Å². The number of aliphatic hydroxyl groups excluding tert-OH is 1. The van der Waals surface area contributed by atoms with Gasteiger partial charge in [0.25, 0.3) is 17.9 Å². The summed E-state index contributed by atoms with van der Waals surface area (Å²) in [6, 6.07) is 2.26. The lowest BCUT2D eigenvalue weighted by molar-refractivity contribution is 0.103. The monoisotopic (exact) mass is 444 g/mol. The number of aromatic nitrogens is 1. The summed E-state index contributed by atoms with van der Waals surface area (Å²) in [6.45, 7) is -0.838. The van der Waals surface area contributed by atoms with Crippen molar-refractivity contribution in [1.82, 2.24) is 4.57 Å². The highest BCUT2D eigenvalue weighted by molar-refractivity contribution is 7.18. The molecule has 2 N–H and O–H groups in total. The molecule has 1 amide bonds. The molecule has 0 saturated heterocycles. The van der Waals surface area contributed by atoms with E-state index in [-0.39, 0.29) is 29.0 Å². The van der Waals surface area contributed by atoms with Crippen LogP contribution in [-0.2, 0) is 6.54 Å². The molecule has 0 radical (unpaired) electrons. The molecule has 3 rings (SSSR count).